The van der Waals surface area contributed by atoms with Gasteiger partial charge in [-0.15, -0.1) is 0 Å². The van der Waals surface area contributed by atoms with E-state index >= 15 is 0 Å². The third kappa shape index (κ3) is 4.96. The lowest BCUT2D eigenvalue weighted by Crippen LogP contribution is -2.55. The molecule has 34 heavy (non-hydrogen) atoms. The maximum Gasteiger partial charge on any atom is 0.410 e. The maximum absolute atomic E-state index is 12.7. The molecule has 3 heterocycles. The SMILES string of the molecule is CN1CCc2c(N3CCC(N4CCN(C(=O)OC(C)(C)C)CC4)CC3)ccc([N+](=O)[O-])c2C1=O. The molecule has 0 aliphatic carbocycles. The molecule has 186 valence electrons. The van der Waals surface area contributed by atoms with Crippen molar-refractivity contribution in [3.8, 4) is 0 Å². The largest absolute Gasteiger partial charge is 0.444 e. The van der Waals surface area contributed by atoms with E-state index in [1.165, 1.54) is 6.07 Å². The summed E-state index contributed by atoms with van der Waals surface area (Å²) in [6.45, 7) is 10.9. The van der Waals surface area contributed by atoms with Crippen LogP contribution in [0.1, 0.15) is 49.5 Å². The highest BCUT2D eigenvalue weighted by molar-refractivity contribution is 6.02. The number of hydrogen-bond acceptors (Lipinski definition) is 7. The van der Waals surface area contributed by atoms with Crippen molar-refractivity contribution in [2.45, 2.75) is 51.7 Å². The zero-order valence-corrected chi connectivity index (χ0v) is 20.6. The predicted octanol–water partition coefficient (Wildman–Crippen LogP) is 2.74. The number of rotatable bonds is 3. The summed E-state index contributed by atoms with van der Waals surface area (Å²) < 4.78 is 5.50. The Labute approximate surface area is 200 Å². The first kappa shape index (κ1) is 24.3. The average molecular weight is 474 g/mol. The van der Waals surface area contributed by atoms with E-state index < -0.39 is 10.5 Å². The zero-order valence-electron chi connectivity index (χ0n) is 20.6. The summed E-state index contributed by atoms with van der Waals surface area (Å²) in [7, 11) is 1.69. The Balaban J connectivity index is 1.38. The topological polar surface area (TPSA) is 99.5 Å². The van der Waals surface area contributed by atoms with Crippen LogP contribution in [-0.4, -0.2) is 96.1 Å². The van der Waals surface area contributed by atoms with Crippen LogP contribution < -0.4 is 4.90 Å². The van der Waals surface area contributed by atoms with Crippen molar-refractivity contribution in [1.82, 2.24) is 14.7 Å². The van der Waals surface area contributed by atoms with Gasteiger partial charge in [0.25, 0.3) is 11.6 Å². The molecule has 0 radical (unpaired) electrons. The molecule has 2 amide bonds. The van der Waals surface area contributed by atoms with Crippen molar-refractivity contribution in [2.24, 2.45) is 0 Å². The number of amides is 2. The monoisotopic (exact) mass is 473 g/mol. The Hall–Kier alpha value is -2.88. The van der Waals surface area contributed by atoms with E-state index in [9.17, 15) is 19.7 Å². The molecule has 4 rings (SSSR count). The van der Waals surface area contributed by atoms with E-state index in [2.05, 4.69) is 9.80 Å². The summed E-state index contributed by atoms with van der Waals surface area (Å²) in [5, 5.41) is 11.5. The van der Waals surface area contributed by atoms with Crippen LogP contribution in [-0.2, 0) is 11.2 Å². The molecule has 0 bridgehead atoms. The number of hydrogen-bond donors (Lipinski definition) is 0. The number of nitro groups is 1. The summed E-state index contributed by atoms with van der Waals surface area (Å²) in [5.41, 5.74) is 1.42. The summed E-state index contributed by atoms with van der Waals surface area (Å²) in [5.74, 6) is -0.271. The Morgan fingerprint density at radius 1 is 1.06 bits per heavy atom. The van der Waals surface area contributed by atoms with Gasteiger partial charge >= 0.3 is 6.09 Å². The molecular formula is C24H35N5O5. The normalized spacial score (nSPS) is 20.4. The lowest BCUT2D eigenvalue weighted by molar-refractivity contribution is -0.385. The summed E-state index contributed by atoms with van der Waals surface area (Å²) in [6.07, 6.45) is 2.34. The van der Waals surface area contributed by atoms with Gasteiger partial charge in [0, 0.05) is 70.7 Å². The van der Waals surface area contributed by atoms with Crippen LogP contribution in [0.5, 0.6) is 0 Å². The highest BCUT2D eigenvalue weighted by atomic mass is 16.6. The molecule has 0 unspecified atom stereocenters. The fraction of sp³-hybridized carbons (Fsp3) is 0.667. The molecule has 3 aliphatic rings. The van der Waals surface area contributed by atoms with Crippen LogP contribution in [0, 0.1) is 10.1 Å². The number of nitrogens with zero attached hydrogens (tertiary/aromatic N) is 5. The van der Waals surface area contributed by atoms with Gasteiger partial charge in [-0.25, -0.2) is 4.79 Å². The summed E-state index contributed by atoms with van der Waals surface area (Å²) in [4.78, 5) is 44.2. The molecule has 0 aromatic heterocycles. The average Bonchev–Trinajstić information content (AvgIpc) is 2.80. The maximum atomic E-state index is 12.7. The minimum absolute atomic E-state index is 0.104. The van der Waals surface area contributed by atoms with Gasteiger partial charge in [-0.2, -0.15) is 0 Å². The Morgan fingerprint density at radius 3 is 2.29 bits per heavy atom. The molecule has 0 spiro atoms. The Kier molecular flexibility index (Phi) is 6.71. The number of piperazine rings is 1. The number of ether oxygens (including phenoxy) is 1. The summed E-state index contributed by atoms with van der Waals surface area (Å²) in [6, 6.07) is 3.74. The van der Waals surface area contributed by atoms with Gasteiger partial charge in [-0.05, 0) is 51.7 Å². The zero-order chi connectivity index (χ0) is 24.6. The van der Waals surface area contributed by atoms with Gasteiger partial charge in [0.15, 0.2) is 0 Å². The number of benzene rings is 1. The standard InChI is InChI=1S/C24H35N5O5/c1-24(2,3)34-23(31)28-15-13-26(14-16-28)17-7-11-27(12-8-17)19-5-6-20(29(32)33)21-18(19)9-10-25(4)22(21)30/h5-6,17H,7-16H2,1-4H3. The van der Waals surface area contributed by atoms with Gasteiger partial charge in [-0.3, -0.25) is 19.8 Å². The van der Waals surface area contributed by atoms with Gasteiger partial charge < -0.3 is 19.4 Å². The number of likely N-dealkylation sites (N-methyl/N-ethyl adjacent to an activating group) is 1. The number of nitro benzene ring substituents is 1. The number of anilines is 1. The first-order chi connectivity index (χ1) is 16.0. The second-order valence-corrected chi connectivity index (χ2v) is 10.4. The van der Waals surface area contributed by atoms with E-state index in [0.29, 0.717) is 32.1 Å². The first-order valence-corrected chi connectivity index (χ1v) is 12.1. The molecule has 0 saturated carbocycles. The van der Waals surface area contributed by atoms with Crippen molar-refractivity contribution in [3.63, 3.8) is 0 Å². The van der Waals surface area contributed by atoms with Crippen molar-refractivity contribution in [3.05, 3.63) is 33.4 Å². The van der Waals surface area contributed by atoms with Gasteiger partial charge in [-0.1, -0.05) is 0 Å². The van der Waals surface area contributed by atoms with Crippen LogP contribution in [0.2, 0.25) is 0 Å². The van der Waals surface area contributed by atoms with E-state index in [0.717, 1.165) is 50.3 Å². The third-order valence-electron chi connectivity index (χ3n) is 7.01. The highest BCUT2D eigenvalue weighted by Crippen LogP contribution is 2.36. The summed E-state index contributed by atoms with van der Waals surface area (Å²) >= 11 is 0. The van der Waals surface area contributed by atoms with Crippen molar-refractivity contribution < 1.29 is 19.2 Å². The molecule has 10 nitrogen and oxygen atoms in total. The van der Waals surface area contributed by atoms with E-state index in [4.69, 9.17) is 4.74 Å². The molecule has 1 aromatic carbocycles. The molecule has 2 fully saturated rings. The van der Waals surface area contributed by atoms with Crippen LogP contribution in [0.25, 0.3) is 0 Å². The minimum atomic E-state index is -0.488. The van der Waals surface area contributed by atoms with Crippen molar-refractivity contribution >= 4 is 23.4 Å². The second kappa shape index (κ2) is 9.40. The fourth-order valence-corrected chi connectivity index (χ4v) is 5.20. The quantitative estimate of drug-likeness (QED) is 0.492. The van der Waals surface area contributed by atoms with E-state index in [1.807, 2.05) is 26.8 Å². The van der Waals surface area contributed by atoms with E-state index in [1.54, 1.807) is 16.8 Å². The van der Waals surface area contributed by atoms with Crippen LogP contribution in [0.3, 0.4) is 0 Å². The highest BCUT2D eigenvalue weighted by Gasteiger charge is 2.35. The van der Waals surface area contributed by atoms with Gasteiger partial charge in [0.1, 0.15) is 11.2 Å². The lowest BCUT2D eigenvalue weighted by Gasteiger charge is -2.43. The number of fused-ring (bicyclic) bond motifs is 1. The molecule has 0 atom stereocenters. The molecular weight excluding hydrogens is 438 g/mol. The van der Waals surface area contributed by atoms with Crippen LogP contribution in [0.4, 0.5) is 16.2 Å². The fourth-order valence-electron chi connectivity index (χ4n) is 5.20. The van der Waals surface area contributed by atoms with Crippen molar-refractivity contribution in [2.75, 3.05) is 57.8 Å². The molecule has 3 aliphatic heterocycles. The second-order valence-electron chi connectivity index (χ2n) is 10.4. The van der Waals surface area contributed by atoms with Gasteiger partial charge in [0.2, 0.25) is 0 Å². The number of carbonyl (C=O) groups is 2. The third-order valence-corrected chi connectivity index (χ3v) is 7.01. The molecule has 2 saturated heterocycles. The minimum Gasteiger partial charge on any atom is -0.444 e. The van der Waals surface area contributed by atoms with Crippen molar-refractivity contribution in [1.29, 1.82) is 0 Å². The first-order valence-electron chi connectivity index (χ1n) is 12.1. The van der Waals surface area contributed by atoms with E-state index in [-0.39, 0.29) is 23.3 Å². The number of piperidine rings is 1. The Bertz CT molecular complexity index is 959. The molecule has 0 N–H and O–H groups in total. The number of carbonyl (C=O) groups excluding carboxylic acids is 2. The van der Waals surface area contributed by atoms with Crippen LogP contribution >= 0.6 is 0 Å². The van der Waals surface area contributed by atoms with Gasteiger partial charge in [0.05, 0.1) is 4.92 Å². The Morgan fingerprint density at radius 2 is 1.71 bits per heavy atom. The molecule has 10 heteroatoms. The lowest BCUT2D eigenvalue weighted by atomic mass is 9.93. The molecule has 1 aromatic rings. The smallest absolute Gasteiger partial charge is 0.410 e. The van der Waals surface area contributed by atoms with Crippen LogP contribution in [0.15, 0.2) is 12.1 Å². The predicted molar refractivity (Wildman–Crippen MR) is 128 cm³/mol.